The molecule has 108 valence electrons. The van der Waals surface area contributed by atoms with Crippen molar-refractivity contribution in [3.63, 3.8) is 0 Å². The largest absolute Gasteiger partial charge is 0.508 e. The van der Waals surface area contributed by atoms with E-state index < -0.39 is 0 Å². The number of anilines is 1. The van der Waals surface area contributed by atoms with Crippen molar-refractivity contribution < 1.29 is 9.90 Å². The molecule has 2 aromatic carbocycles. The van der Waals surface area contributed by atoms with Crippen LogP contribution in [0.2, 0.25) is 0 Å². The van der Waals surface area contributed by atoms with Gasteiger partial charge in [0.15, 0.2) is 0 Å². The van der Waals surface area contributed by atoms with Gasteiger partial charge in [-0.3, -0.25) is 4.79 Å². The fourth-order valence-corrected chi connectivity index (χ4v) is 4.81. The standard InChI is InChI=1S/C17H11NO2S2/c19-11-5-3-4-10(8-11)18-17(20)15-9-14-16(22-15)12-6-1-2-7-13(12)21-14/h1-9,19H,(H,18,20). The van der Waals surface area contributed by atoms with Gasteiger partial charge >= 0.3 is 0 Å². The van der Waals surface area contributed by atoms with Crippen molar-refractivity contribution >= 4 is 53.8 Å². The van der Waals surface area contributed by atoms with Gasteiger partial charge in [0.05, 0.1) is 9.58 Å². The third-order valence-corrected chi connectivity index (χ3v) is 5.79. The van der Waals surface area contributed by atoms with Crippen LogP contribution in [0.3, 0.4) is 0 Å². The lowest BCUT2D eigenvalue weighted by Crippen LogP contribution is -2.09. The summed E-state index contributed by atoms with van der Waals surface area (Å²) in [6, 6.07) is 16.7. The van der Waals surface area contributed by atoms with Crippen molar-refractivity contribution in [2.75, 3.05) is 5.32 Å². The molecule has 2 aromatic heterocycles. The summed E-state index contributed by atoms with van der Waals surface area (Å²) in [7, 11) is 0. The Hall–Kier alpha value is -2.37. The van der Waals surface area contributed by atoms with Crippen LogP contribution in [-0.2, 0) is 0 Å². The van der Waals surface area contributed by atoms with Crippen LogP contribution in [0.25, 0.3) is 19.5 Å². The molecule has 0 aliphatic carbocycles. The topological polar surface area (TPSA) is 49.3 Å². The predicted octanol–water partition coefficient (Wildman–Crippen LogP) is 5.07. The van der Waals surface area contributed by atoms with Crippen LogP contribution in [0, 0.1) is 0 Å². The third kappa shape index (κ3) is 2.24. The molecule has 22 heavy (non-hydrogen) atoms. The minimum Gasteiger partial charge on any atom is -0.508 e. The Morgan fingerprint density at radius 1 is 0.955 bits per heavy atom. The van der Waals surface area contributed by atoms with Crippen LogP contribution in [-0.4, -0.2) is 11.0 Å². The summed E-state index contributed by atoms with van der Waals surface area (Å²) in [4.78, 5) is 13.0. The molecular formula is C17H11NO2S2. The number of aromatic hydroxyl groups is 1. The number of phenols is 1. The molecule has 4 rings (SSSR count). The van der Waals surface area contributed by atoms with Gasteiger partial charge in [-0.2, -0.15) is 0 Å². The minimum absolute atomic E-state index is 0.135. The van der Waals surface area contributed by atoms with E-state index in [1.807, 2.05) is 18.2 Å². The molecule has 0 spiro atoms. The van der Waals surface area contributed by atoms with E-state index in [1.54, 1.807) is 29.5 Å². The van der Waals surface area contributed by atoms with Crippen LogP contribution >= 0.6 is 22.7 Å². The first-order valence-electron chi connectivity index (χ1n) is 6.72. The molecule has 3 nitrogen and oxygen atoms in total. The molecule has 0 radical (unpaired) electrons. The first-order valence-corrected chi connectivity index (χ1v) is 8.35. The highest BCUT2D eigenvalue weighted by atomic mass is 32.1. The highest BCUT2D eigenvalue weighted by Gasteiger charge is 2.14. The molecule has 0 atom stereocenters. The first-order chi connectivity index (χ1) is 10.7. The van der Waals surface area contributed by atoms with Gasteiger partial charge in [0, 0.05) is 26.5 Å². The van der Waals surface area contributed by atoms with Crippen LogP contribution in [0.1, 0.15) is 9.67 Å². The normalized spacial score (nSPS) is 11.1. The summed E-state index contributed by atoms with van der Waals surface area (Å²) in [5, 5.41) is 13.5. The lowest BCUT2D eigenvalue weighted by Gasteiger charge is -2.03. The number of thiophene rings is 2. The van der Waals surface area contributed by atoms with Gasteiger partial charge < -0.3 is 10.4 Å². The lowest BCUT2D eigenvalue weighted by atomic mass is 10.2. The van der Waals surface area contributed by atoms with E-state index in [2.05, 4.69) is 17.4 Å². The van der Waals surface area contributed by atoms with Gasteiger partial charge in [-0.15, -0.1) is 22.7 Å². The summed E-state index contributed by atoms with van der Waals surface area (Å²) in [5.41, 5.74) is 0.589. The molecule has 0 fully saturated rings. The molecule has 2 N–H and O–H groups in total. The zero-order valence-corrected chi connectivity index (χ0v) is 13.0. The summed E-state index contributed by atoms with van der Waals surface area (Å²) in [6.45, 7) is 0. The van der Waals surface area contributed by atoms with Gasteiger partial charge in [-0.25, -0.2) is 0 Å². The number of nitrogens with one attached hydrogen (secondary N) is 1. The zero-order valence-electron chi connectivity index (χ0n) is 11.4. The Morgan fingerprint density at radius 3 is 2.68 bits per heavy atom. The number of fused-ring (bicyclic) bond motifs is 3. The van der Waals surface area contributed by atoms with Crippen LogP contribution < -0.4 is 5.32 Å². The Balaban J connectivity index is 1.70. The van der Waals surface area contributed by atoms with Crippen molar-refractivity contribution in [2.45, 2.75) is 0 Å². The molecule has 0 saturated carbocycles. The molecular weight excluding hydrogens is 314 g/mol. The molecule has 0 aliphatic heterocycles. The highest BCUT2D eigenvalue weighted by Crippen LogP contribution is 2.39. The average Bonchev–Trinajstić information content (AvgIpc) is 3.05. The highest BCUT2D eigenvalue weighted by molar-refractivity contribution is 7.33. The van der Waals surface area contributed by atoms with Crippen molar-refractivity contribution in [1.29, 1.82) is 0 Å². The summed E-state index contributed by atoms with van der Waals surface area (Å²) in [6.07, 6.45) is 0. The van der Waals surface area contributed by atoms with E-state index in [9.17, 15) is 9.90 Å². The maximum atomic E-state index is 12.4. The number of carbonyl (C=O) groups is 1. The van der Waals surface area contributed by atoms with Crippen LogP contribution in [0.4, 0.5) is 5.69 Å². The Kier molecular flexibility index (Phi) is 3.10. The zero-order chi connectivity index (χ0) is 15.1. The Bertz CT molecular complexity index is 1000. The Labute approximate surface area is 134 Å². The van der Waals surface area contributed by atoms with Gasteiger partial charge in [0.2, 0.25) is 0 Å². The third-order valence-electron chi connectivity index (χ3n) is 3.38. The van der Waals surface area contributed by atoms with E-state index in [0.717, 1.165) is 9.40 Å². The van der Waals surface area contributed by atoms with E-state index in [-0.39, 0.29) is 11.7 Å². The minimum atomic E-state index is -0.150. The van der Waals surface area contributed by atoms with E-state index in [4.69, 9.17) is 0 Å². The number of rotatable bonds is 2. The smallest absolute Gasteiger partial charge is 0.265 e. The molecule has 1 amide bonds. The summed E-state index contributed by atoms with van der Waals surface area (Å²) >= 11 is 3.20. The summed E-state index contributed by atoms with van der Waals surface area (Å²) in [5.74, 6) is -0.0148. The lowest BCUT2D eigenvalue weighted by molar-refractivity contribution is 0.103. The molecule has 2 heterocycles. The molecule has 0 saturated heterocycles. The fraction of sp³-hybridized carbons (Fsp3) is 0. The maximum absolute atomic E-state index is 12.4. The molecule has 0 bridgehead atoms. The Morgan fingerprint density at radius 2 is 1.82 bits per heavy atom. The van der Waals surface area contributed by atoms with Crippen molar-refractivity contribution in [3.8, 4) is 5.75 Å². The van der Waals surface area contributed by atoms with Crippen LogP contribution in [0.15, 0.2) is 54.6 Å². The number of phenolic OH excluding ortho intramolecular Hbond substituents is 1. The van der Waals surface area contributed by atoms with E-state index >= 15 is 0 Å². The van der Waals surface area contributed by atoms with Gasteiger partial charge in [0.1, 0.15) is 5.75 Å². The van der Waals surface area contributed by atoms with E-state index in [1.165, 1.54) is 27.5 Å². The molecule has 0 unspecified atom stereocenters. The first kappa shape index (κ1) is 13.3. The SMILES string of the molecule is O=C(Nc1cccc(O)c1)c1cc2sc3ccccc3c2s1. The number of hydrogen-bond acceptors (Lipinski definition) is 4. The second kappa shape index (κ2) is 5.12. The number of benzene rings is 2. The summed E-state index contributed by atoms with van der Waals surface area (Å²) < 4.78 is 3.53. The van der Waals surface area contributed by atoms with Gasteiger partial charge in [-0.05, 0) is 24.3 Å². The van der Waals surface area contributed by atoms with Crippen molar-refractivity contribution in [1.82, 2.24) is 0 Å². The predicted molar refractivity (Wildman–Crippen MR) is 93.3 cm³/mol. The second-order valence-corrected chi connectivity index (χ2v) is 7.04. The quantitative estimate of drug-likeness (QED) is 0.540. The van der Waals surface area contributed by atoms with Crippen molar-refractivity contribution in [3.05, 3.63) is 59.5 Å². The molecule has 0 aliphatic rings. The average molecular weight is 325 g/mol. The van der Waals surface area contributed by atoms with Gasteiger partial charge in [-0.1, -0.05) is 24.3 Å². The van der Waals surface area contributed by atoms with Crippen LogP contribution in [0.5, 0.6) is 5.75 Å². The van der Waals surface area contributed by atoms with E-state index in [0.29, 0.717) is 10.6 Å². The molecule has 4 aromatic rings. The second-order valence-electron chi connectivity index (χ2n) is 4.91. The molecule has 5 heteroatoms. The number of hydrogen-bond donors (Lipinski definition) is 2. The maximum Gasteiger partial charge on any atom is 0.265 e. The number of carbonyl (C=O) groups excluding carboxylic acids is 1. The monoisotopic (exact) mass is 325 g/mol. The van der Waals surface area contributed by atoms with Gasteiger partial charge in [0.25, 0.3) is 5.91 Å². The number of amides is 1. The van der Waals surface area contributed by atoms with Crippen molar-refractivity contribution in [2.24, 2.45) is 0 Å². The fourth-order valence-electron chi connectivity index (χ4n) is 2.39.